The zero-order valence-electron chi connectivity index (χ0n) is 18.4. The van der Waals surface area contributed by atoms with Crippen LogP contribution in [0.3, 0.4) is 0 Å². The molecule has 4 aliphatic rings. The maximum Gasteiger partial charge on any atom is 0.233 e. The second kappa shape index (κ2) is 9.08. The van der Waals surface area contributed by atoms with Crippen LogP contribution in [0.25, 0.3) is 0 Å². The highest BCUT2D eigenvalue weighted by atomic mass is 16.5. The molecule has 2 saturated carbocycles. The predicted octanol–water partition coefficient (Wildman–Crippen LogP) is 1.95. The Labute approximate surface area is 179 Å². The number of rotatable bonds is 9. The van der Waals surface area contributed by atoms with E-state index in [1.165, 1.54) is 30.6 Å². The lowest BCUT2D eigenvalue weighted by molar-refractivity contribution is -0.140. The molecule has 7 heteroatoms. The molecule has 1 heterocycles. The third-order valence-corrected chi connectivity index (χ3v) is 7.61. The quantitative estimate of drug-likeness (QED) is 0.260. The van der Waals surface area contributed by atoms with Crippen molar-refractivity contribution in [3.63, 3.8) is 0 Å². The first kappa shape index (κ1) is 21.3. The summed E-state index contributed by atoms with van der Waals surface area (Å²) in [5.74, 6) is 1.12. The fourth-order valence-electron chi connectivity index (χ4n) is 5.99. The monoisotopic (exact) mass is 416 g/mol. The van der Waals surface area contributed by atoms with Gasteiger partial charge >= 0.3 is 0 Å². The molecule has 166 valence electrons. The van der Waals surface area contributed by atoms with Crippen molar-refractivity contribution in [2.45, 2.75) is 45.4 Å². The van der Waals surface area contributed by atoms with Gasteiger partial charge in [0.2, 0.25) is 11.8 Å². The van der Waals surface area contributed by atoms with Gasteiger partial charge in [0.15, 0.2) is 5.96 Å². The second-order valence-electron chi connectivity index (χ2n) is 9.40. The number of imide groups is 1. The minimum atomic E-state index is -0.114. The molecule has 0 radical (unpaired) electrons. The molecular weight excluding hydrogens is 380 g/mol. The molecular formula is C23H36N4O3. The van der Waals surface area contributed by atoms with Gasteiger partial charge in [-0.3, -0.25) is 19.5 Å². The van der Waals surface area contributed by atoms with Crippen molar-refractivity contribution in [1.29, 1.82) is 0 Å². The SMILES string of the molecule is CCNC(=NCC1(CCOC)CCCC1)NCCN1C(=O)C2C3C=CC(C3)C2C1=O. The zero-order chi connectivity index (χ0) is 21.1. The van der Waals surface area contributed by atoms with Crippen molar-refractivity contribution < 1.29 is 14.3 Å². The van der Waals surface area contributed by atoms with Crippen LogP contribution in [-0.2, 0) is 14.3 Å². The van der Waals surface area contributed by atoms with E-state index in [9.17, 15) is 9.59 Å². The fourth-order valence-corrected chi connectivity index (χ4v) is 5.99. The van der Waals surface area contributed by atoms with Crippen molar-refractivity contribution in [2.24, 2.45) is 34.1 Å². The fraction of sp³-hybridized carbons (Fsp3) is 0.783. The molecule has 1 saturated heterocycles. The van der Waals surface area contributed by atoms with Crippen molar-refractivity contribution in [2.75, 3.05) is 39.9 Å². The van der Waals surface area contributed by atoms with Gasteiger partial charge in [0.1, 0.15) is 0 Å². The average Bonchev–Trinajstić information content (AvgIpc) is 3.52. The highest BCUT2D eigenvalue weighted by molar-refractivity contribution is 6.06. The summed E-state index contributed by atoms with van der Waals surface area (Å²) in [5, 5.41) is 6.64. The first-order valence-corrected chi connectivity index (χ1v) is 11.6. The van der Waals surface area contributed by atoms with Crippen LogP contribution >= 0.6 is 0 Å². The van der Waals surface area contributed by atoms with Crippen molar-refractivity contribution >= 4 is 17.8 Å². The maximum absolute atomic E-state index is 12.8. The summed E-state index contributed by atoms with van der Waals surface area (Å²) in [4.78, 5) is 32.0. The summed E-state index contributed by atoms with van der Waals surface area (Å²) >= 11 is 0. The number of amides is 2. The van der Waals surface area contributed by atoms with E-state index in [1.807, 2.05) is 6.92 Å². The number of aliphatic imine (C=N–C) groups is 1. The number of methoxy groups -OCH3 is 1. The van der Waals surface area contributed by atoms with Gasteiger partial charge < -0.3 is 15.4 Å². The van der Waals surface area contributed by atoms with Crippen LogP contribution < -0.4 is 10.6 Å². The number of likely N-dealkylation sites (tertiary alicyclic amines) is 1. The summed E-state index contributed by atoms with van der Waals surface area (Å²) < 4.78 is 5.32. The van der Waals surface area contributed by atoms with Gasteiger partial charge in [-0.1, -0.05) is 25.0 Å². The van der Waals surface area contributed by atoms with Crippen LogP contribution in [0.5, 0.6) is 0 Å². The molecule has 3 fully saturated rings. The van der Waals surface area contributed by atoms with Crippen molar-refractivity contribution in [3.05, 3.63) is 12.2 Å². The summed E-state index contributed by atoms with van der Waals surface area (Å²) in [6, 6.07) is 0. The zero-order valence-corrected chi connectivity index (χ0v) is 18.4. The number of carbonyl (C=O) groups is 2. The lowest BCUT2D eigenvalue weighted by Gasteiger charge is -2.27. The molecule has 2 amide bonds. The molecule has 3 aliphatic carbocycles. The molecule has 0 aromatic rings. The molecule has 0 aromatic heterocycles. The van der Waals surface area contributed by atoms with Crippen LogP contribution in [0.1, 0.15) is 45.4 Å². The van der Waals surface area contributed by atoms with Crippen LogP contribution in [0.2, 0.25) is 0 Å². The number of nitrogens with zero attached hydrogens (tertiary/aromatic N) is 2. The Morgan fingerprint density at radius 3 is 2.43 bits per heavy atom. The standard InChI is InChI=1S/C23H36N4O3/c1-3-24-22(26-15-23(10-13-30-2)8-4-5-9-23)25-11-12-27-20(28)18-16-6-7-17(14-16)19(18)21(27)29/h6-7,16-19H,3-5,8-15H2,1-2H3,(H2,24,25,26). The molecule has 4 unspecified atom stereocenters. The topological polar surface area (TPSA) is 83.0 Å². The number of allylic oxidation sites excluding steroid dienone is 2. The van der Waals surface area contributed by atoms with Gasteiger partial charge in [-0.25, -0.2) is 0 Å². The third-order valence-electron chi connectivity index (χ3n) is 7.61. The number of carbonyl (C=O) groups excluding carboxylic acids is 2. The summed E-state index contributed by atoms with van der Waals surface area (Å²) in [6.07, 6.45) is 11.2. The summed E-state index contributed by atoms with van der Waals surface area (Å²) in [7, 11) is 1.76. The molecule has 30 heavy (non-hydrogen) atoms. The number of nitrogens with one attached hydrogen (secondary N) is 2. The minimum absolute atomic E-state index is 0.0232. The summed E-state index contributed by atoms with van der Waals surface area (Å²) in [5.41, 5.74) is 0.239. The molecule has 0 spiro atoms. The number of hydrogen-bond acceptors (Lipinski definition) is 4. The number of ether oxygens (including phenoxy) is 1. The Morgan fingerprint density at radius 1 is 1.17 bits per heavy atom. The first-order valence-electron chi connectivity index (χ1n) is 11.6. The van der Waals surface area contributed by atoms with E-state index in [2.05, 4.69) is 22.8 Å². The van der Waals surface area contributed by atoms with E-state index in [1.54, 1.807) is 7.11 Å². The maximum atomic E-state index is 12.8. The molecule has 7 nitrogen and oxygen atoms in total. The molecule has 1 aliphatic heterocycles. The van der Waals surface area contributed by atoms with Crippen LogP contribution in [0, 0.1) is 29.1 Å². The van der Waals surface area contributed by atoms with Gasteiger partial charge in [-0.15, -0.1) is 0 Å². The van der Waals surface area contributed by atoms with E-state index < -0.39 is 0 Å². The number of guanidine groups is 1. The lowest BCUT2D eigenvalue weighted by atomic mass is 9.83. The van der Waals surface area contributed by atoms with Gasteiger partial charge in [-0.2, -0.15) is 0 Å². The molecule has 0 aromatic carbocycles. The van der Waals surface area contributed by atoms with Gasteiger partial charge in [0.05, 0.1) is 11.8 Å². The minimum Gasteiger partial charge on any atom is -0.385 e. The molecule has 4 atom stereocenters. The second-order valence-corrected chi connectivity index (χ2v) is 9.40. The van der Waals surface area contributed by atoms with Gasteiger partial charge in [-0.05, 0) is 49.9 Å². The van der Waals surface area contributed by atoms with Gasteiger partial charge in [0, 0.05) is 39.9 Å². The van der Waals surface area contributed by atoms with E-state index in [0.717, 1.165) is 38.5 Å². The first-order chi connectivity index (χ1) is 14.6. The summed E-state index contributed by atoms with van der Waals surface area (Å²) in [6.45, 7) is 5.31. The van der Waals surface area contributed by atoms with E-state index in [4.69, 9.17) is 9.73 Å². The largest absolute Gasteiger partial charge is 0.385 e. The van der Waals surface area contributed by atoms with E-state index >= 15 is 0 Å². The Balaban J connectivity index is 1.31. The van der Waals surface area contributed by atoms with Crippen LogP contribution in [0.4, 0.5) is 0 Å². The molecule has 2 N–H and O–H groups in total. The Kier molecular flexibility index (Phi) is 6.46. The molecule has 4 rings (SSSR count). The predicted molar refractivity (Wildman–Crippen MR) is 116 cm³/mol. The van der Waals surface area contributed by atoms with Gasteiger partial charge in [0.25, 0.3) is 0 Å². The van der Waals surface area contributed by atoms with Crippen molar-refractivity contribution in [3.8, 4) is 0 Å². The van der Waals surface area contributed by atoms with Crippen molar-refractivity contribution in [1.82, 2.24) is 15.5 Å². The molecule has 2 bridgehead atoms. The number of hydrogen-bond donors (Lipinski definition) is 2. The highest BCUT2D eigenvalue weighted by Crippen LogP contribution is 2.52. The average molecular weight is 417 g/mol. The number of fused-ring (bicyclic) bond motifs is 5. The van der Waals surface area contributed by atoms with E-state index in [-0.39, 0.29) is 40.9 Å². The van der Waals surface area contributed by atoms with E-state index in [0.29, 0.717) is 13.1 Å². The third kappa shape index (κ3) is 4.01. The Hall–Kier alpha value is -1.89. The normalized spacial score (nSPS) is 31.7. The Morgan fingerprint density at radius 2 is 1.83 bits per heavy atom. The van der Waals surface area contributed by atoms with Crippen LogP contribution in [0.15, 0.2) is 17.1 Å². The van der Waals surface area contributed by atoms with Crippen LogP contribution in [-0.4, -0.2) is 62.6 Å². The lowest BCUT2D eigenvalue weighted by Crippen LogP contribution is -2.44. The highest BCUT2D eigenvalue weighted by Gasteiger charge is 2.58. The Bertz CT molecular complexity index is 683. The smallest absolute Gasteiger partial charge is 0.233 e.